The van der Waals surface area contributed by atoms with E-state index in [2.05, 4.69) is 24.2 Å². The Labute approximate surface area is 109 Å². The molecule has 0 radical (unpaired) electrons. The molecule has 0 amide bonds. The molecule has 2 rings (SSSR count). The van der Waals surface area contributed by atoms with E-state index in [0.29, 0.717) is 6.04 Å². The van der Waals surface area contributed by atoms with E-state index in [1.54, 1.807) is 10.4 Å². The monoisotopic (exact) mass is 247 g/mol. The van der Waals surface area contributed by atoms with Gasteiger partial charge in [-0.2, -0.15) is 0 Å². The third-order valence-electron chi connectivity index (χ3n) is 3.37. The Morgan fingerprint density at radius 2 is 2.41 bits per heavy atom. The fourth-order valence-corrected chi connectivity index (χ4v) is 3.89. The van der Waals surface area contributed by atoms with E-state index in [1.165, 1.54) is 24.1 Å². The van der Waals surface area contributed by atoms with Gasteiger partial charge in [0, 0.05) is 22.2 Å². The zero-order valence-corrected chi connectivity index (χ0v) is 11.4. The van der Waals surface area contributed by atoms with Crippen molar-refractivity contribution in [2.75, 3.05) is 6.54 Å². The lowest BCUT2D eigenvalue weighted by molar-refractivity contribution is 0.508. The predicted octanol–water partition coefficient (Wildman–Crippen LogP) is 3.69. The van der Waals surface area contributed by atoms with E-state index in [1.807, 2.05) is 11.3 Å². The lowest BCUT2D eigenvalue weighted by Crippen LogP contribution is -2.19. The third-order valence-corrected chi connectivity index (χ3v) is 4.72. The molecule has 1 aliphatic carbocycles. The lowest BCUT2D eigenvalue weighted by Gasteiger charge is -2.15. The van der Waals surface area contributed by atoms with Gasteiger partial charge in [-0.1, -0.05) is 6.92 Å². The van der Waals surface area contributed by atoms with Crippen LogP contribution in [-0.2, 0) is 12.8 Å². The number of nitrogens with one attached hydrogen (secondary N) is 1. The molecule has 0 spiro atoms. The van der Waals surface area contributed by atoms with Gasteiger partial charge < -0.3 is 5.32 Å². The molecule has 1 heterocycles. The minimum absolute atomic E-state index is 0.518. The van der Waals surface area contributed by atoms with Crippen molar-refractivity contribution in [1.29, 1.82) is 0 Å². The van der Waals surface area contributed by atoms with E-state index in [-0.39, 0.29) is 0 Å². The van der Waals surface area contributed by atoms with Gasteiger partial charge in [0.05, 0.1) is 0 Å². The maximum atomic E-state index is 5.32. The Morgan fingerprint density at radius 3 is 3.12 bits per heavy atom. The number of thiophene rings is 1. The first kappa shape index (κ1) is 12.7. The molecule has 17 heavy (non-hydrogen) atoms. The quantitative estimate of drug-likeness (QED) is 0.597. The van der Waals surface area contributed by atoms with Crippen LogP contribution in [-0.4, -0.2) is 6.54 Å². The number of rotatable bonds is 6. The number of terminal acetylenes is 1. The summed E-state index contributed by atoms with van der Waals surface area (Å²) in [5.74, 6) is 2.73. The van der Waals surface area contributed by atoms with Gasteiger partial charge in [0.2, 0.25) is 0 Å². The van der Waals surface area contributed by atoms with E-state index in [0.717, 1.165) is 25.8 Å². The molecule has 1 atom stereocenters. The van der Waals surface area contributed by atoms with Crippen molar-refractivity contribution in [2.45, 2.75) is 51.5 Å². The van der Waals surface area contributed by atoms with Crippen molar-refractivity contribution in [3.05, 3.63) is 21.4 Å². The van der Waals surface area contributed by atoms with Crippen LogP contribution in [0, 0.1) is 12.3 Å². The van der Waals surface area contributed by atoms with Gasteiger partial charge in [-0.25, -0.2) is 0 Å². The molecule has 1 N–H and O–H groups in total. The van der Waals surface area contributed by atoms with Gasteiger partial charge in [0.1, 0.15) is 0 Å². The summed E-state index contributed by atoms with van der Waals surface area (Å²) in [5, 5.41) is 3.59. The van der Waals surface area contributed by atoms with Crippen LogP contribution in [0.4, 0.5) is 0 Å². The number of aryl methyl sites for hydroxylation is 2. The molecule has 0 aromatic carbocycles. The second kappa shape index (κ2) is 6.23. The first-order chi connectivity index (χ1) is 8.35. The van der Waals surface area contributed by atoms with Gasteiger partial charge in [0.15, 0.2) is 0 Å². The average Bonchev–Trinajstić information content (AvgIpc) is 2.88. The van der Waals surface area contributed by atoms with Gasteiger partial charge >= 0.3 is 0 Å². The van der Waals surface area contributed by atoms with Crippen LogP contribution >= 0.6 is 11.3 Å². The van der Waals surface area contributed by atoms with E-state index >= 15 is 0 Å². The zero-order chi connectivity index (χ0) is 12.1. The highest BCUT2D eigenvalue weighted by Crippen LogP contribution is 2.35. The average molecular weight is 247 g/mol. The normalized spacial score (nSPS) is 15.5. The SMILES string of the molecule is C#CCCCC(NCC)c1cc2c(s1)CCC2. The summed E-state index contributed by atoms with van der Waals surface area (Å²) >= 11 is 2.01. The van der Waals surface area contributed by atoms with Crippen molar-refractivity contribution < 1.29 is 0 Å². The summed E-state index contributed by atoms with van der Waals surface area (Å²) in [6, 6.07) is 2.94. The molecule has 92 valence electrons. The highest BCUT2D eigenvalue weighted by Gasteiger charge is 2.19. The molecule has 1 aromatic rings. The van der Waals surface area contributed by atoms with Crippen molar-refractivity contribution in [3.8, 4) is 12.3 Å². The topological polar surface area (TPSA) is 12.0 Å². The molecule has 0 saturated heterocycles. The molecule has 0 bridgehead atoms. The maximum absolute atomic E-state index is 5.32. The molecule has 2 heteroatoms. The summed E-state index contributed by atoms with van der Waals surface area (Å²) in [5.41, 5.74) is 1.60. The molecule has 0 aliphatic heterocycles. The van der Waals surface area contributed by atoms with E-state index < -0.39 is 0 Å². The summed E-state index contributed by atoms with van der Waals surface area (Å²) in [7, 11) is 0. The molecule has 1 aromatic heterocycles. The van der Waals surface area contributed by atoms with Crippen molar-refractivity contribution >= 4 is 11.3 Å². The minimum atomic E-state index is 0.518. The third kappa shape index (κ3) is 3.12. The molecular formula is C15H21NS. The predicted molar refractivity (Wildman–Crippen MR) is 75.4 cm³/mol. The van der Waals surface area contributed by atoms with Crippen LogP contribution in [0.15, 0.2) is 6.07 Å². The number of unbranched alkanes of at least 4 members (excludes halogenated alkanes) is 1. The first-order valence-electron chi connectivity index (χ1n) is 6.63. The van der Waals surface area contributed by atoms with Crippen molar-refractivity contribution in [1.82, 2.24) is 5.32 Å². The maximum Gasteiger partial charge on any atom is 0.0415 e. The van der Waals surface area contributed by atoms with Crippen molar-refractivity contribution in [2.24, 2.45) is 0 Å². The summed E-state index contributed by atoms with van der Waals surface area (Å²) in [6.45, 7) is 3.21. The Morgan fingerprint density at radius 1 is 1.53 bits per heavy atom. The van der Waals surface area contributed by atoms with Gasteiger partial charge in [0.25, 0.3) is 0 Å². The fraction of sp³-hybridized carbons (Fsp3) is 0.600. The highest BCUT2D eigenvalue weighted by molar-refractivity contribution is 7.12. The van der Waals surface area contributed by atoms with Gasteiger partial charge in [-0.3, -0.25) is 0 Å². The summed E-state index contributed by atoms with van der Waals surface area (Å²) in [6.07, 6.45) is 12.4. The number of hydrogen-bond acceptors (Lipinski definition) is 2. The van der Waals surface area contributed by atoms with Crippen LogP contribution in [0.3, 0.4) is 0 Å². The second-order valence-electron chi connectivity index (χ2n) is 4.66. The standard InChI is InChI=1S/C15H21NS/c1-3-5-6-9-13(16-4-2)15-11-12-8-7-10-14(12)17-15/h1,11,13,16H,4-10H2,2H3. The van der Waals surface area contributed by atoms with Gasteiger partial charge in [-0.05, 0) is 50.3 Å². The molecule has 1 aliphatic rings. The first-order valence-corrected chi connectivity index (χ1v) is 7.45. The molecule has 0 fully saturated rings. The summed E-state index contributed by atoms with van der Waals surface area (Å²) in [4.78, 5) is 3.15. The molecular weight excluding hydrogens is 226 g/mol. The Bertz CT molecular complexity index is 378. The number of hydrogen-bond donors (Lipinski definition) is 1. The highest BCUT2D eigenvalue weighted by atomic mass is 32.1. The Kier molecular flexibility index (Phi) is 4.65. The van der Waals surface area contributed by atoms with Crippen LogP contribution < -0.4 is 5.32 Å². The number of fused-ring (bicyclic) bond motifs is 1. The Hall–Kier alpha value is -0.780. The van der Waals surface area contributed by atoms with Crippen LogP contribution in [0.2, 0.25) is 0 Å². The lowest BCUT2D eigenvalue weighted by atomic mass is 10.1. The van der Waals surface area contributed by atoms with Crippen LogP contribution in [0.1, 0.15) is 54.0 Å². The van der Waals surface area contributed by atoms with E-state index in [9.17, 15) is 0 Å². The largest absolute Gasteiger partial charge is 0.310 e. The molecule has 0 saturated carbocycles. The second-order valence-corrected chi connectivity index (χ2v) is 5.83. The van der Waals surface area contributed by atoms with E-state index in [4.69, 9.17) is 6.42 Å². The smallest absolute Gasteiger partial charge is 0.0415 e. The minimum Gasteiger partial charge on any atom is -0.310 e. The Balaban J connectivity index is 2.01. The van der Waals surface area contributed by atoms with Gasteiger partial charge in [-0.15, -0.1) is 23.7 Å². The molecule has 1 unspecified atom stereocenters. The van der Waals surface area contributed by atoms with Crippen LogP contribution in [0.25, 0.3) is 0 Å². The molecule has 1 nitrogen and oxygen atoms in total. The fourth-order valence-electron chi connectivity index (χ4n) is 2.52. The summed E-state index contributed by atoms with van der Waals surface area (Å²) < 4.78 is 0. The zero-order valence-electron chi connectivity index (χ0n) is 10.6. The van der Waals surface area contributed by atoms with Crippen LogP contribution in [0.5, 0.6) is 0 Å². The van der Waals surface area contributed by atoms with Crippen molar-refractivity contribution in [3.63, 3.8) is 0 Å².